The summed E-state index contributed by atoms with van der Waals surface area (Å²) in [5.74, 6) is -0.908. The van der Waals surface area contributed by atoms with E-state index in [0.717, 1.165) is 141 Å². The van der Waals surface area contributed by atoms with E-state index in [1.807, 2.05) is 21.1 Å². The van der Waals surface area contributed by atoms with E-state index in [1.54, 1.807) is 0 Å². The van der Waals surface area contributed by atoms with Crippen LogP contribution in [0.15, 0.2) is 194 Å². The Kier molecular flexibility index (Phi) is 54.7. The first-order valence-electron chi connectivity index (χ1n) is 30.2. The zero-order valence-corrected chi connectivity index (χ0v) is 51.4. The lowest BCUT2D eigenvalue weighted by molar-refractivity contribution is -0.870. The van der Waals surface area contributed by atoms with Crippen molar-refractivity contribution in [3.05, 3.63) is 194 Å². The molecule has 0 aliphatic carbocycles. The van der Waals surface area contributed by atoms with E-state index >= 15 is 0 Å². The number of unbranched alkanes of at least 4 members (excludes halogenated alkanes) is 6. The number of carbonyl (C=O) groups is 2. The molecular weight excluding hydrogens is 1010 g/mol. The molecule has 0 aromatic heterocycles. The first kappa shape index (κ1) is 74.8. The van der Waals surface area contributed by atoms with Crippen LogP contribution in [0.2, 0.25) is 0 Å². The summed E-state index contributed by atoms with van der Waals surface area (Å²) in [5, 5.41) is 0. The molecule has 0 aromatic rings. The molecule has 2 atom stereocenters. The predicted molar refractivity (Wildman–Crippen MR) is 343 cm³/mol. The van der Waals surface area contributed by atoms with Gasteiger partial charge in [0, 0.05) is 12.8 Å². The van der Waals surface area contributed by atoms with Crippen molar-refractivity contribution >= 4 is 19.8 Å². The van der Waals surface area contributed by atoms with Crippen LogP contribution >= 0.6 is 7.82 Å². The summed E-state index contributed by atoms with van der Waals surface area (Å²) in [6, 6.07) is 0. The van der Waals surface area contributed by atoms with Gasteiger partial charge in [-0.25, -0.2) is 4.57 Å². The molecule has 1 N–H and O–H groups in total. The third-order valence-electron chi connectivity index (χ3n) is 11.6. The van der Waals surface area contributed by atoms with Gasteiger partial charge in [-0.1, -0.05) is 228 Å². The number of allylic oxidation sites excluding steroid dienone is 32. The highest BCUT2D eigenvalue weighted by Gasteiger charge is 2.27. The number of ether oxygens (including phenoxy) is 2. The molecule has 2 unspecified atom stereocenters. The van der Waals surface area contributed by atoms with Crippen LogP contribution in [0, 0.1) is 0 Å². The van der Waals surface area contributed by atoms with Crippen LogP contribution in [0.5, 0.6) is 0 Å². The second-order valence-corrected chi connectivity index (χ2v) is 21.7. The Bertz CT molecular complexity index is 2050. The maximum atomic E-state index is 12.8. The highest BCUT2D eigenvalue weighted by molar-refractivity contribution is 7.47. The molecule has 0 aliphatic rings. The van der Waals surface area contributed by atoms with Crippen LogP contribution in [-0.4, -0.2) is 74.9 Å². The van der Waals surface area contributed by atoms with Gasteiger partial charge in [0.15, 0.2) is 6.10 Å². The van der Waals surface area contributed by atoms with Crippen LogP contribution in [0.25, 0.3) is 0 Å². The monoisotopic (exact) mass is 1120 g/mol. The molecule has 0 aromatic carbocycles. The Hall–Kier alpha value is -5.15. The van der Waals surface area contributed by atoms with Gasteiger partial charge in [0.1, 0.15) is 19.8 Å². The fraction of sp³-hybridized carbons (Fsp3) is 0.514. The smallest absolute Gasteiger partial charge is 0.462 e. The van der Waals surface area contributed by atoms with E-state index in [1.165, 1.54) is 0 Å². The average molecular weight is 1120 g/mol. The van der Waals surface area contributed by atoms with Crippen molar-refractivity contribution in [2.24, 2.45) is 0 Å². The molecule has 446 valence electrons. The minimum absolute atomic E-state index is 0.00699. The van der Waals surface area contributed by atoms with Crippen molar-refractivity contribution in [3.8, 4) is 0 Å². The lowest BCUT2D eigenvalue weighted by Gasteiger charge is -2.24. The summed E-state index contributed by atoms with van der Waals surface area (Å²) in [7, 11) is 1.40. The average Bonchev–Trinajstić information content (AvgIpc) is 3.42. The van der Waals surface area contributed by atoms with Gasteiger partial charge < -0.3 is 18.9 Å². The molecular formula is C70H109NO8P+. The molecule has 0 radical (unpaired) electrons. The van der Waals surface area contributed by atoms with E-state index in [2.05, 4.69) is 208 Å². The van der Waals surface area contributed by atoms with Crippen molar-refractivity contribution in [3.63, 3.8) is 0 Å². The second-order valence-electron chi connectivity index (χ2n) is 20.3. The normalized spacial score (nSPS) is 14.6. The highest BCUT2D eigenvalue weighted by Crippen LogP contribution is 2.43. The summed E-state index contributed by atoms with van der Waals surface area (Å²) < 4.78 is 34.4. The zero-order chi connectivity index (χ0) is 58.4. The van der Waals surface area contributed by atoms with Crippen LogP contribution in [0.1, 0.15) is 181 Å². The Morgan fingerprint density at radius 3 is 1.04 bits per heavy atom. The Morgan fingerprint density at radius 1 is 0.388 bits per heavy atom. The number of rotatable bonds is 52. The van der Waals surface area contributed by atoms with E-state index in [0.29, 0.717) is 23.9 Å². The number of quaternary nitrogens is 1. The SMILES string of the molecule is CC/C=C\C/C=C\C/C=C\C/C=C\C/C=C\C/C=C\C/C=C\C/C=C\C/C=C\C/C=C\C/C=C\CCCCCCCC(=O)OC(COC(=O)CCC/C=C\C/C=C\C/C=C\C/C=C\C/C=C\CC)COP(=O)(O)OCC[N+](C)(C)C. The number of carbonyl (C=O) groups excluding carboxylic acids is 2. The van der Waals surface area contributed by atoms with Crippen LogP contribution in [-0.2, 0) is 32.7 Å². The van der Waals surface area contributed by atoms with Crippen LogP contribution in [0.3, 0.4) is 0 Å². The van der Waals surface area contributed by atoms with Gasteiger partial charge in [0.25, 0.3) is 0 Å². The highest BCUT2D eigenvalue weighted by atomic mass is 31.2. The summed E-state index contributed by atoms with van der Waals surface area (Å²) in [5.41, 5.74) is 0. The van der Waals surface area contributed by atoms with Crippen molar-refractivity contribution in [2.45, 2.75) is 187 Å². The maximum Gasteiger partial charge on any atom is 0.472 e. The lowest BCUT2D eigenvalue weighted by atomic mass is 10.1. The van der Waals surface area contributed by atoms with Gasteiger partial charge in [0.05, 0.1) is 27.7 Å². The van der Waals surface area contributed by atoms with Crippen LogP contribution in [0.4, 0.5) is 0 Å². The Morgan fingerprint density at radius 2 is 0.688 bits per heavy atom. The maximum absolute atomic E-state index is 12.8. The summed E-state index contributed by atoms with van der Waals surface area (Å²) in [6.07, 6.45) is 92.4. The molecule has 0 saturated heterocycles. The largest absolute Gasteiger partial charge is 0.472 e. The van der Waals surface area contributed by atoms with E-state index in [9.17, 15) is 19.0 Å². The third-order valence-corrected chi connectivity index (χ3v) is 12.6. The molecule has 0 rings (SSSR count). The van der Waals surface area contributed by atoms with Crippen molar-refractivity contribution < 1.29 is 42.1 Å². The topological polar surface area (TPSA) is 108 Å². The first-order chi connectivity index (χ1) is 39.0. The predicted octanol–water partition coefficient (Wildman–Crippen LogP) is 19.4. The third kappa shape index (κ3) is 62.1. The van der Waals surface area contributed by atoms with E-state index in [-0.39, 0.29) is 26.1 Å². The van der Waals surface area contributed by atoms with E-state index < -0.39 is 32.5 Å². The van der Waals surface area contributed by atoms with Gasteiger partial charge in [-0.3, -0.25) is 18.6 Å². The Balaban J connectivity index is 4.27. The van der Waals surface area contributed by atoms with Crippen molar-refractivity contribution in [1.29, 1.82) is 0 Å². The molecule has 80 heavy (non-hydrogen) atoms. The summed E-state index contributed by atoms with van der Waals surface area (Å²) >= 11 is 0. The first-order valence-corrected chi connectivity index (χ1v) is 31.7. The van der Waals surface area contributed by atoms with Crippen LogP contribution < -0.4 is 0 Å². The fourth-order valence-electron chi connectivity index (χ4n) is 7.05. The van der Waals surface area contributed by atoms with Crippen molar-refractivity contribution in [1.82, 2.24) is 0 Å². The number of phosphoric acid groups is 1. The minimum atomic E-state index is -4.42. The molecule has 0 heterocycles. The van der Waals surface area contributed by atoms with Gasteiger partial charge in [-0.05, 0) is 135 Å². The molecule has 10 heteroatoms. The van der Waals surface area contributed by atoms with E-state index in [4.69, 9.17) is 18.5 Å². The zero-order valence-electron chi connectivity index (χ0n) is 50.5. The fourth-order valence-corrected chi connectivity index (χ4v) is 7.79. The number of esters is 2. The minimum Gasteiger partial charge on any atom is -0.462 e. The number of hydrogen-bond donors (Lipinski definition) is 1. The van der Waals surface area contributed by atoms with Gasteiger partial charge in [-0.15, -0.1) is 0 Å². The van der Waals surface area contributed by atoms with Gasteiger partial charge in [0.2, 0.25) is 0 Å². The Labute approximate surface area is 488 Å². The number of hydrogen-bond acceptors (Lipinski definition) is 7. The quantitative estimate of drug-likeness (QED) is 0.0211. The molecule has 0 fully saturated rings. The molecule has 0 saturated carbocycles. The molecule has 0 bridgehead atoms. The number of likely N-dealkylation sites (N-methyl/N-ethyl adjacent to an activating group) is 1. The molecule has 0 amide bonds. The summed E-state index contributed by atoms with van der Waals surface area (Å²) in [6.45, 7) is 4.07. The van der Waals surface area contributed by atoms with Gasteiger partial charge >= 0.3 is 19.8 Å². The second kappa shape index (κ2) is 58.5. The number of nitrogens with zero attached hydrogens (tertiary/aromatic N) is 1. The van der Waals surface area contributed by atoms with Gasteiger partial charge in [-0.2, -0.15) is 0 Å². The standard InChI is InChI=1S/C70H108NO8P/c1-6-8-10-12-14-16-18-20-22-24-25-26-27-28-29-30-31-32-33-34-35-36-37-38-39-40-41-42-43-44-45-47-49-51-53-55-57-59-61-63-70(73)79-68(67-78-80(74,75)77-65-64-71(3,4)5)66-76-69(72)62-60-58-56-54-52-50-48-46-23-21-19-17-15-13-11-9-7-2/h8-11,14-17,20-23,25-26,28-29,31-32,34-35,37-38,40-41,43-44,47-50,54,56,68H,6-7,12-13,18-19,24,27,30,33,36,39,42,45-46,51-53,55,57-67H2,1-5H3/p+1/b10-8-,11-9-,16-14-,17-15-,22-20-,23-21-,26-25-,29-28-,32-31-,35-34-,38-37-,41-40-,44-43-,49-47-,50-48-,56-54-. The number of phosphoric ester groups is 1. The molecule has 0 spiro atoms. The molecule has 9 nitrogen and oxygen atoms in total. The summed E-state index contributed by atoms with van der Waals surface area (Å²) in [4.78, 5) is 35.6. The molecule has 0 aliphatic heterocycles. The van der Waals surface area contributed by atoms with Crippen molar-refractivity contribution in [2.75, 3.05) is 47.5 Å². The lowest BCUT2D eigenvalue weighted by Crippen LogP contribution is -2.37.